The molecule has 2 aromatic rings. The van der Waals surface area contributed by atoms with E-state index in [9.17, 15) is 18.0 Å². The molecule has 0 spiro atoms. The lowest BCUT2D eigenvalue weighted by molar-refractivity contribution is 0.0562. The molecule has 150 valence electrons. The Bertz CT molecular complexity index is 934. The second kappa shape index (κ2) is 6.96. The maximum atomic E-state index is 14.4. The number of nitrogens with zero attached hydrogens (tertiary/aromatic N) is 3. The van der Waals surface area contributed by atoms with Crippen molar-refractivity contribution in [3.8, 4) is 0 Å². The fraction of sp³-hybridized carbons (Fsp3) is 0.421. The smallest absolute Gasteiger partial charge is 0.413 e. The molecule has 9 heteroatoms. The van der Waals surface area contributed by atoms with E-state index in [1.54, 1.807) is 33.8 Å². The monoisotopic (exact) mass is 394 g/mol. The first-order chi connectivity index (χ1) is 13.0. The van der Waals surface area contributed by atoms with Crippen LogP contribution in [0.4, 0.5) is 18.0 Å². The fourth-order valence-corrected chi connectivity index (χ4v) is 3.10. The molecule has 1 aromatic carbocycles. The number of carbonyl (C=O) groups excluding carboxylic acids is 1. The molecule has 6 nitrogen and oxygen atoms in total. The number of alkyl carbamates (subject to hydrolysis) is 1. The van der Waals surface area contributed by atoms with E-state index in [4.69, 9.17) is 4.74 Å². The van der Waals surface area contributed by atoms with Crippen LogP contribution in [0.25, 0.3) is 0 Å². The van der Waals surface area contributed by atoms with Gasteiger partial charge >= 0.3 is 6.09 Å². The number of ether oxygens (including phenoxy) is 1. The zero-order valence-corrected chi connectivity index (χ0v) is 16.0. The predicted octanol–water partition coefficient (Wildman–Crippen LogP) is 4.16. The van der Waals surface area contributed by atoms with Crippen LogP contribution in [0, 0.1) is 5.82 Å². The maximum Gasteiger partial charge on any atom is 0.413 e. The van der Waals surface area contributed by atoms with E-state index in [0.29, 0.717) is 0 Å². The SMILES string of the molecule is CC(C)(C)OC(=O)NC1=NC(C)(c2ccccc2F)Cn2c1cnc2C(F)F. The van der Waals surface area contributed by atoms with E-state index in [-0.39, 0.29) is 23.6 Å². The summed E-state index contributed by atoms with van der Waals surface area (Å²) in [5, 5.41) is 2.49. The van der Waals surface area contributed by atoms with Crippen LogP contribution < -0.4 is 5.32 Å². The highest BCUT2D eigenvalue weighted by Crippen LogP contribution is 2.35. The maximum absolute atomic E-state index is 14.4. The van der Waals surface area contributed by atoms with Crippen LogP contribution in [0.5, 0.6) is 0 Å². The molecule has 1 unspecified atom stereocenters. The number of nitrogens with one attached hydrogen (secondary N) is 1. The number of hydrogen-bond acceptors (Lipinski definition) is 4. The average molecular weight is 394 g/mol. The van der Waals surface area contributed by atoms with Gasteiger partial charge in [0.1, 0.15) is 22.7 Å². The lowest BCUT2D eigenvalue weighted by Crippen LogP contribution is -2.43. The van der Waals surface area contributed by atoms with E-state index < -0.39 is 35.3 Å². The molecule has 2 heterocycles. The zero-order chi connectivity index (χ0) is 20.7. The second-order valence-corrected chi connectivity index (χ2v) is 7.73. The van der Waals surface area contributed by atoms with Crippen molar-refractivity contribution in [2.24, 2.45) is 4.99 Å². The lowest BCUT2D eigenvalue weighted by atomic mass is 9.90. The van der Waals surface area contributed by atoms with Crippen molar-refractivity contribution >= 4 is 11.9 Å². The molecule has 0 aliphatic carbocycles. The van der Waals surface area contributed by atoms with Gasteiger partial charge in [0.2, 0.25) is 0 Å². The lowest BCUT2D eigenvalue weighted by Gasteiger charge is -2.33. The first-order valence-corrected chi connectivity index (χ1v) is 8.69. The van der Waals surface area contributed by atoms with Crippen molar-refractivity contribution in [3.63, 3.8) is 0 Å². The normalized spacial score (nSPS) is 19.2. The number of carbonyl (C=O) groups is 1. The van der Waals surface area contributed by atoms with Crippen molar-refractivity contribution in [2.75, 3.05) is 0 Å². The van der Waals surface area contributed by atoms with Crippen molar-refractivity contribution in [1.29, 1.82) is 0 Å². The summed E-state index contributed by atoms with van der Waals surface area (Å²) >= 11 is 0. The summed E-state index contributed by atoms with van der Waals surface area (Å²) in [4.78, 5) is 20.5. The van der Waals surface area contributed by atoms with Gasteiger partial charge in [-0.2, -0.15) is 0 Å². The van der Waals surface area contributed by atoms with E-state index in [1.165, 1.54) is 29.0 Å². The van der Waals surface area contributed by atoms with Crippen LogP contribution in [-0.4, -0.2) is 27.1 Å². The number of benzene rings is 1. The number of imidazole rings is 1. The van der Waals surface area contributed by atoms with E-state index in [0.717, 1.165) is 0 Å². The minimum absolute atomic E-state index is 0.00865. The standard InChI is InChI=1S/C19H21F3N4O2/c1-18(2,3)28-17(27)24-15-13-9-23-16(14(21)22)26(13)10-19(4,25-15)11-7-5-6-8-12(11)20/h5-9,14H,10H2,1-4H3,(H,24,25,27). The highest BCUT2D eigenvalue weighted by atomic mass is 19.3. The first-order valence-electron chi connectivity index (χ1n) is 8.69. The van der Waals surface area contributed by atoms with Gasteiger partial charge < -0.3 is 9.30 Å². The number of alkyl halides is 2. The summed E-state index contributed by atoms with van der Waals surface area (Å²) in [7, 11) is 0. The summed E-state index contributed by atoms with van der Waals surface area (Å²) in [5.74, 6) is -1.01. The molecule has 1 N–H and O–H groups in total. The molecule has 0 radical (unpaired) electrons. The summed E-state index contributed by atoms with van der Waals surface area (Å²) in [6, 6.07) is 5.97. The van der Waals surface area contributed by atoms with Crippen molar-refractivity contribution in [1.82, 2.24) is 14.9 Å². The van der Waals surface area contributed by atoms with Crippen molar-refractivity contribution < 1.29 is 22.7 Å². The number of aliphatic imine (C=N–C) groups is 1. The molecule has 3 rings (SSSR count). The fourth-order valence-electron chi connectivity index (χ4n) is 3.10. The Morgan fingerprint density at radius 2 is 2.00 bits per heavy atom. The van der Waals surface area contributed by atoms with Gasteiger partial charge in [-0.05, 0) is 33.8 Å². The third kappa shape index (κ3) is 3.88. The molecular formula is C19H21F3N4O2. The van der Waals surface area contributed by atoms with E-state index >= 15 is 0 Å². The van der Waals surface area contributed by atoms with Gasteiger partial charge in [0.05, 0.1) is 12.7 Å². The molecule has 0 fully saturated rings. The Morgan fingerprint density at radius 3 is 2.61 bits per heavy atom. The van der Waals surface area contributed by atoms with Gasteiger partial charge in [-0.25, -0.2) is 22.9 Å². The molecule has 0 bridgehead atoms. The molecule has 0 saturated heterocycles. The Kier molecular flexibility index (Phi) is 4.95. The average Bonchev–Trinajstić information content (AvgIpc) is 2.97. The number of hydrogen-bond donors (Lipinski definition) is 1. The number of amides is 1. The molecule has 1 amide bonds. The van der Waals surface area contributed by atoms with Gasteiger partial charge in [-0.3, -0.25) is 10.3 Å². The van der Waals surface area contributed by atoms with Gasteiger partial charge in [0.15, 0.2) is 11.7 Å². The summed E-state index contributed by atoms with van der Waals surface area (Å²) in [6.45, 7) is 6.64. The minimum Gasteiger partial charge on any atom is -0.444 e. The predicted molar refractivity (Wildman–Crippen MR) is 96.8 cm³/mol. The number of aromatic nitrogens is 2. The largest absolute Gasteiger partial charge is 0.444 e. The highest BCUT2D eigenvalue weighted by Gasteiger charge is 2.38. The summed E-state index contributed by atoms with van der Waals surface area (Å²) < 4.78 is 47.8. The summed E-state index contributed by atoms with van der Waals surface area (Å²) in [5.41, 5.74) is -1.57. The third-order valence-electron chi connectivity index (χ3n) is 4.22. The first kappa shape index (κ1) is 19.9. The second-order valence-electron chi connectivity index (χ2n) is 7.73. The molecule has 0 saturated carbocycles. The van der Waals surface area contributed by atoms with E-state index in [2.05, 4.69) is 15.3 Å². The molecule has 1 aliphatic rings. The van der Waals surface area contributed by atoms with Crippen LogP contribution in [0.3, 0.4) is 0 Å². The Labute approximate surface area is 160 Å². The Balaban J connectivity index is 2.08. The van der Waals surface area contributed by atoms with Crippen LogP contribution in [0.1, 0.15) is 51.2 Å². The summed E-state index contributed by atoms with van der Waals surface area (Å²) in [6.07, 6.45) is -2.42. The molecule has 1 atom stereocenters. The number of amidine groups is 1. The topological polar surface area (TPSA) is 68.5 Å². The third-order valence-corrected chi connectivity index (χ3v) is 4.22. The quantitative estimate of drug-likeness (QED) is 0.832. The zero-order valence-electron chi connectivity index (χ0n) is 16.0. The van der Waals surface area contributed by atoms with E-state index in [1.807, 2.05) is 0 Å². The number of rotatable bonds is 2. The highest BCUT2D eigenvalue weighted by molar-refractivity contribution is 6.06. The van der Waals surface area contributed by atoms with Crippen molar-refractivity contribution in [3.05, 3.63) is 53.4 Å². The van der Waals surface area contributed by atoms with Gasteiger partial charge in [-0.15, -0.1) is 0 Å². The Morgan fingerprint density at radius 1 is 1.32 bits per heavy atom. The molecule has 28 heavy (non-hydrogen) atoms. The van der Waals surface area contributed by atoms with Crippen molar-refractivity contribution in [2.45, 2.75) is 51.8 Å². The van der Waals surface area contributed by atoms with Gasteiger partial charge in [0.25, 0.3) is 6.43 Å². The van der Waals surface area contributed by atoms with Crippen LogP contribution in [0.15, 0.2) is 35.5 Å². The molecular weight excluding hydrogens is 373 g/mol. The van der Waals surface area contributed by atoms with Gasteiger partial charge in [-0.1, -0.05) is 18.2 Å². The molecule has 1 aromatic heterocycles. The Hall–Kier alpha value is -2.84. The number of halogens is 3. The van der Waals surface area contributed by atoms with Crippen LogP contribution in [0.2, 0.25) is 0 Å². The number of fused-ring (bicyclic) bond motifs is 1. The van der Waals surface area contributed by atoms with Gasteiger partial charge in [0, 0.05) is 5.56 Å². The molecule has 1 aliphatic heterocycles. The van der Waals surface area contributed by atoms with Crippen LogP contribution >= 0.6 is 0 Å². The minimum atomic E-state index is -2.83. The van der Waals surface area contributed by atoms with Crippen LogP contribution in [-0.2, 0) is 16.8 Å².